The van der Waals surface area contributed by atoms with E-state index >= 15 is 0 Å². The number of aliphatic hydroxyl groups excluding tert-OH is 1. The Bertz CT molecular complexity index is 786. The van der Waals surface area contributed by atoms with Crippen LogP contribution in [0.15, 0.2) is 48.5 Å². The highest BCUT2D eigenvalue weighted by Crippen LogP contribution is 2.23. The molecule has 1 saturated heterocycles. The smallest absolute Gasteiger partial charge is 0.221 e. The molecule has 1 fully saturated rings. The van der Waals surface area contributed by atoms with Gasteiger partial charge in [0.05, 0.1) is 5.69 Å². The fourth-order valence-electron chi connectivity index (χ4n) is 3.50. The quantitative estimate of drug-likeness (QED) is 0.717. The molecule has 0 saturated carbocycles. The third-order valence-electron chi connectivity index (χ3n) is 5.09. The largest absolute Gasteiger partial charge is 0.489 e. The zero-order valence-electron chi connectivity index (χ0n) is 17.3. The molecule has 1 unspecified atom stereocenters. The van der Waals surface area contributed by atoms with Crippen LogP contribution in [-0.4, -0.2) is 66.2 Å². The van der Waals surface area contributed by atoms with E-state index in [1.807, 2.05) is 12.1 Å². The second-order valence-corrected chi connectivity index (χ2v) is 7.70. The zero-order valence-corrected chi connectivity index (χ0v) is 17.3. The molecule has 2 N–H and O–H groups in total. The van der Waals surface area contributed by atoms with Crippen LogP contribution in [0.1, 0.15) is 18.1 Å². The van der Waals surface area contributed by atoms with Gasteiger partial charge in [0, 0.05) is 46.2 Å². The Morgan fingerprint density at radius 1 is 1.07 bits per heavy atom. The molecular formula is C23H31N3O3. The first kappa shape index (κ1) is 21.3. The number of amides is 1. The predicted octanol–water partition coefficient (Wildman–Crippen LogP) is 2.51. The molecule has 1 amide bonds. The first-order valence-corrected chi connectivity index (χ1v) is 10.2. The number of hydrogen-bond donors (Lipinski definition) is 2. The molecule has 1 atom stereocenters. The van der Waals surface area contributed by atoms with E-state index in [9.17, 15) is 9.90 Å². The Labute approximate surface area is 173 Å². The maximum atomic E-state index is 11.3. The van der Waals surface area contributed by atoms with Gasteiger partial charge in [-0.2, -0.15) is 0 Å². The van der Waals surface area contributed by atoms with Gasteiger partial charge in [-0.15, -0.1) is 0 Å². The van der Waals surface area contributed by atoms with Crippen LogP contribution in [0.3, 0.4) is 0 Å². The van der Waals surface area contributed by atoms with E-state index in [0.29, 0.717) is 18.0 Å². The Morgan fingerprint density at radius 2 is 1.72 bits per heavy atom. The summed E-state index contributed by atoms with van der Waals surface area (Å²) in [6.07, 6.45) is -0.580. The lowest BCUT2D eigenvalue weighted by atomic mass is 10.1. The molecule has 0 bridgehead atoms. The summed E-state index contributed by atoms with van der Waals surface area (Å²) in [5, 5.41) is 13.1. The van der Waals surface area contributed by atoms with Gasteiger partial charge in [-0.25, -0.2) is 0 Å². The number of piperazine rings is 1. The van der Waals surface area contributed by atoms with Crippen molar-refractivity contribution in [3.05, 3.63) is 59.7 Å². The lowest BCUT2D eigenvalue weighted by Gasteiger charge is -2.35. The van der Waals surface area contributed by atoms with Crippen molar-refractivity contribution in [3.8, 4) is 5.75 Å². The number of rotatable bonds is 8. The number of aliphatic hydroxyl groups is 1. The number of anilines is 1. The number of carbonyl (C=O) groups is 1. The lowest BCUT2D eigenvalue weighted by molar-refractivity contribution is -0.114. The maximum absolute atomic E-state index is 11.3. The molecule has 0 aromatic heterocycles. The molecule has 6 heteroatoms. The molecule has 1 aliphatic heterocycles. The standard InChI is InChI=1S/C23H31N3O3/c1-18-7-9-20(10-8-18)15-25-11-13-26(14-12-25)16-21(28)17-29-23-6-4-3-5-22(23)24-19(2)27/h3-10,21,28H,11-17H2,1-2H3,(H,24,27). The van der Waals surface area contributed by atoms with Crippen molar-refractivity contribution in [2.24, 2.45) is 0 Å². The van der Waals surface area contributed by atoms with Crippen LogP contribution in [-0.2, 0) is 11.3 Å². The molecule has 6 nitrogen and oxygen atoms in total. The van der Waals surface area contributed by atoms with E-state index < -0.39 is 6.10 Å². The van der Waals surface area contributed by atoms with Gasteiger partial charge < -0.3 is 15.2 Å². The summed E-state index contributed by atoms with van der Waals surface area (Å²) < 4.78 is 5.75. The van der Waals surface area contributed by atoms with Gasteiger partial charge >= 0.3 is 0 Å². The number of carbonyl (C=O) groups excluding carboxylic acids is 1. The fraction of sp³-hybridized carbons (Fsp3) is 0.435. The Balaban J connectivity index is 1.40. The van der Waals surface area contributed by atoms with Crippen molar-refractivity contribution in [1.29, 1.82) is 0 Å². The number of β-amino-alcohol motifs (C(OH)–C–C–N with tert-alkyl or cyclic N) is 1. The highest BCUT2D eigenvalue weighted by molar-refractivity contribution is 5.90. The van der Waals surface area contributed by atoms with Crippen LogP contribution < -0.4 is 10.1 Å². The minimum atomic E-state index is -0.580. The van der Waals surface area contributed by atoms with E-state index in [0.717, 1.165) is 32.7 Å². The summed E-state index contributed by atoms with van der Waals surface area (Å²) in [7, 11) is 0. The maximum Gasteiger partial charge on any atom is 0.221 e. The lowest BCUT2D eigenvalue weighted by Crippen LogP contribution is -2.48. The van der Waals surface area contributed by atoms with E-state index in [1.165, 1.54) is 18.1 Å². The molecule has 0 aliphatic carbocycles. The zero-order chi connectivity index (χ0) is 20.6. The topological polar surface area (TPSA) is 65.0 Å². The van der Waals surface area contributed by atoms with Crippen molar-refractivity contribution in [3.63, 3.8) is 0 Å². The van der Waals surface area contributed by atoms with Crippen LogP contribution in [0.4, 0.5) is 5.69 Å². The molecule has 0 spiro atoms. The Kier molecular flexibility index (Phi) is 7.63. The van der Waals surface area contributed by atoms with Gasteiger partial charge in [0.25, 0.3) is 0 Å². The minimum Gasteiger partial charge on any atom is -0.489 e. The number of nitrogens with one attached hydrogen (secondary N) is 1. The number of benzene rings is 2. The molecule has 2 aromatic rings. The molecule has 29 heavy (non-hydrogen) atoms. The SMILES string of the molecule is CC(=O)Nc1ccccc1OCC(O)CN1CCN(Cc2ccc(C)cc2)CC1. The molecule has 0 radical (unpaired) electrons. The molecule has 1 heterocycles. The van der Waals surface area contributed by atoms with Gasteiger partial charge in [-0.3, -0.25) is 14.6 Å². The van der Waals surface area contributed by atoms with Crippen LogP contribution in [0.25, 0.3) is 0 Å². The average molecular weight is 398 g/mol. The highest BCUT2D eigenvalue weighted by Gasteiger charge is 2.20. The number of para-hydroxylation sites is 2. The van der Waals surface area contributed by atoms with Crippen molar-refractivity contribution < 1.29 is 14.6 Å². The molecule has 2 aromatic carbocycles. The third-order valence-corrected chi connectivity index (χ3v) is 5.09. The van der Waals surface area contributed by atoms with Crippen LogP contribution in [0.5, 0.6) is 5.75 Å². The molecule has 3 rings (SSSR count). The average Bonchev–Trinajstić information content (AvgIpc) is 2.70. The third kappa shape index (κ3) is 6.85. The molecule has 1 aliphatic rings. The van der Waals surface area contributed by atoms with Crippen LogP contribution >= 0.6 is 0 Å². The first-order chi connectivity index (χ1) is 14.0. The minimum absolute atomic E-state index is 0.148. The number of nitrogens with zero attached hydrogens (tertiary/aromatic N) is 2. The van der Waals surface area contributed by atoms with Crippen molar-refractivity contribution >= 4 is 11.6 Å². The summed E-state index contributed by atoms with van der Waals surface area (Å²) in [4.78, 5) is 16.0. The van der Waals surface area contributed by atoms with Crippen molar-refractivity contribution in [2.75, 3.05) is 44.6 Å². The predicted molar refractivity (Wildman–Crippen MR) is 115 cm³/mol. The van der Waals surface area contributed by atoms with E-state index in [-0.39, 0.29) is 12.5 Å². The summed E-state index contributed by atoms with van der Waals surface area (Å²) >= 11 is 0. The van der Waals surface area contributed by atoms with E-state index in [2.05, 4.69) is 46.3 Å². The summed E-state index contributed by atoms with van der Waals surface area (Å²) in [6, 6.07) is 16.0. The number of ether oxygens (including phenoxy) is 1. The van der Waals surface area contributed by atoms with Gasteiger partial charge in [0.15, 0.2) is 0 Å². The summed E-state index contributed by atoms with van der Waals surface area (Å²) in [6.45, 7) is 9.18. The Morgan fingerprint density at radius 3 is 2.41 bits per heavy atom. The Hall–Kier alpha value is -2.41. The normalized spacial score (nSPS) is 16.4. The number of aryl methyl sites for hydroxylation is 1. The fourth-order valence-corrected chi connectivity index (χ4v) is 3.50. The molecule has 156 valence electrons. The highest BCUT2D eigenvalue weighted by atomic mass is 16.5. The van der Waals surface area contributed by atoms with Crippen LogP contribution in [0.2, 0.25) is 0 Å². The number of hydrogen-bond acceptors (Lipinski definition) is 5. The second kappa shape index (κ2) is 10.4. The summed E-state index contributed by atoms with van der Waals surface area (Å²) in [5.74, 6) is 0.426. The van der Waals surface area contributed by atoms with Crippen molar-refractivity contribution in [2.45, 2.75) is 26.5 Å². The first-order valence-electron chi connectivity index (χ1n) is 10.2. The van der Waals surface area contributed by atoms with Crippen molar-refractivity contribution in [1.82, 2.24) is 9.80 Å². The van der Waals surface area contributed by atoms with E-state index in [1.54, 1.807) is 12.1 Å². The monoisotopic (exact) mass is 397 g/mol. The summed E-state index contributed by atoms with van der Waals surface area (Å²) in [5.41, 5.74) is 3.25. The van der Waals surface area contributed by atoms with Crippen LogP contribution in [0, 0.1) is 6.92 Å². The van der Waals surface area contributed by atoms with Gasteiger partial charge in [0.2, 0.25) is 5.91 Å². The molecular weight excluding hydrogens is 366 g/mol. The second-order valence-electron chi connectivity index (χ2n) is 7.70. The van der Waals surface area contributed by atoms with E-state index in [4.69, 9.17) is 4.74 Å². The van der Waals surface area contributed by atoms with Gasteiger partial charge in [0.1, 0.15) is 18.5 Å². The van der Waals surface area contributed by atoms with Gasteiger partial charge in [-0.05, 0) is 24.6 Å². The van der Waals surface area contributed by atoms with Gasteiger partial charge in [-0.1, -0.05) is 42.0 Å².